The summed E-state index contributed by atoms with van der Waals surface area (Å²) in [7, 11) is 0. The Hall–Kier alpha value is -3.34. The Morgan fingerprint density at radius 1 is 0.861 bits per heavy atom. The average Bonchev–Trinajstić information content (AvgIpc) is 3.56. The van der Waals surface area contributed by atoms with E-state index in [1.807, 2.05) is 28.0 Å². The van der Waals surface area contributed by atoms with E-state index in [9.17, 15) is 9.18 Å². The second-order valence-corrected chi connectivity index (χ2v) is 11.0. The Morgan fingerprint density at radius 2 is 1.61 bits per heavy atom. The number of halogens is 1. The molecule has 36 heavy (non-hydrogen) atoms. The smallest absolute Gasteiger partial charge is 0.253 e. The summed E-state index contributed by atoms with van der Waals surface area (Å²) in [5.41, 5.74) is 5.32. The first kappa shape index (κ1) is 21.9. The van der Waals surface area contributed by atoms with Crippen LogP contribution in [0.1, 0.15) is 52.7 Å². The number of nitrogens with zero attached hydrogens (tertiary/aromatic N) is 2. The van der Waals surface area contributed by atoms with Crippen LogP contribution in [0.5, 0.6) is 0 Å². The molecule has 1 amide bonds. The number of hydrogen-bond acceptors (Lipinski definition) is 3. The molecule has 0 radical (unpaired) electrons. The maximum Gasteiger partial charge on any atom is 0.253 e. The van der Waals surface area contributed by atoms with Crippen LogP contribution in [0, 0.1) is 23.6 Å². The van der Waals surface area contributed by atoms with Crippen LogP contribution in [-0.2, 0) is 0 Å². The van der Waals surface area contributed by atoms with E-state index in [0.29, 0.717) is 49.7 Å². The molecule has 5 heteroatoms. The molecule has 184 valence electrons. The number of benzene rings is 3. The van der Waals surface area contributed by atoms with Crippen molar-refractivity contribution in [3.8, 4) is 0 Å². The zero-order valence-electron chi connectivity index (χ0n) is 20.4. The molecule has 0 unspecified atom stereocenters. The molecule has 0 spiro atoms. The predicted molar refractivity (Wildman–Crippen MR) is 141 cm³/mol. The normalized spacial score (nSPS) is 28.4. The van der Waals surface area contributed by atoms with Crippen LogP contribution in [0.3, 0.4) is 0 Å². The molecule has 7 rings (SSSR count). The highest BCUT2D eigenvalue weighted by atomic mass is 19.1. The van der Waals surface area contributed by atoms with Crippen molar-refractivity contribution >= 4 is 17.3 Å². The molecule has 4 aliphatic rings. The first-order valence-corrected chi connectivity index (χ1v) is 13.4. The van der Waals surface area contributed by atoms with E-state index < -0.39 is 0 Å². The van der Waals surface area contributed by atoms with Gasteiger partial charge in [-0.05, 0) is 84.4 Å². The van der Waals surface area contributed by atoms with E-state index in [0.717, 1.165) is 17.4 Å². The number of amides is 1. The van der Waals surface area contributed by atoms with Gasteiger partial charge in [0, 0.05) is 37.4 Å². The van der Waals surface area contributed by atoms with Gasteiger partial charge in [0.1, 0.15) is 5.82 Å². The van der Waals surface area contributed by atoms with Gasteiger partial charge in [-0.1, -0.05) is 42.5 Å². The Morgan fingerprint density at radius 3 is 2.42 bits per heavy atom. The molecule has 5 atom stereocenters. The van der Waals surface area contributed by atoms with Crippen LogP contribution in [-0.4, -0.2) is 37.0 Å². The largest absolute Gasteiger partial charge is 0.378 e. The number of carbonyl (C=O) groups excluding carboxylic acids is 1. The van der Waals surface area contributed by atoms with E-state index >= 15 is 0 Å². The molecule has 4 nitrogen and oxygen atoms in total. The predicted octanol–water partition coefficient (Wildman–Crippen LogP) is 6.08. The number of rotatable bonds is 3. The van der Waals surface area contributed by atoms with Gasteiger partial charge >= 0.3 is 0 Å². The SMILES string of the molecule is O=C(c1ccc2c(c1)[C@H]1[C@H]3CC[C@H](C3)[C@@H]1[C@H](c1ccccc1)N2)N1CCN(c2ccccc2F)CC1. The summed E-state index contributed by atoms with van der Waals surface area (Å²) in [6, 6.07) is 24.4. The maximum absolute atomic E-state index is 14.2. The van der Waals surface area contributed by atoms with Crippen molar-refractivity contribution < 1.29 is 9.18 Å². The van der Waals surface area contributed by atoms with Gasteiger partial charge in [0.05, 0.1) is 11.7 Å². The van der Waals surface area contributed by atoms with Gasteiger partial charge in [-0.2, -0.15) is 0 Å². The minimum Gasteiger partial charge on any atom is -0.378 e. The first-order valence-electron chi connectivity index (χ1n) is 13.4. The molecule has 2 aliphatic heterocycles. The van der Waals surface area contributed by atoms with Crippen molar-refractivity contribution in [2.24, 2.45) is 17.8 Å². The van der Waals surface area contributed by atoms with Crippen LogP contribution in [0.15, 0.2) is 72.8 Å². The zero-order chi connectivity index (χ0) is 24.2. The van der Waals surface area contributed by atoms with Crippen LogP contribution in [0.4, 0.5) is 15.8 Å². The van der Waals surface area contributed by atoms with Crippen molar-refractivity contribution in [2.75, 3.05) is 36.4 Å². The summed E-state index contributed by atoms with van der Waals surface area (Å²) in [6.45, 7) is 2.50. The fourth-order valence-corrected chi connectivity index (χ4v) is 7.65. The molecule has 0 aromatic heterocycles. The van der Waals surface area contributed by atoms with E-state index in [4.69, 9.17) is 0 Å². The van der Waals surface area contributed by atoms with Crippen LogP contribution in [0.2, 0.25) is 0 Å². The highest BCUT2D eigenvalue weighted by molar-refractivity contribution is 5.95. The molecule has 2 heterocycles. The van der Waals surface area contributed by atoms with Crippen molar-refractivity contribution in [1.82, 2.24) is 4.90 Å². The second-order valence-electron chi connectivity index (χ2n) is 11.0. The fourth-order valence-electron chi connectivity index (χ4n) is 7.65. The molecular weight excluding hydrogens is 449 g/mol. The molecule has 3 aromatic carbocycles. The number of carbonyl (C=O) groups is 1. The number of para-hydroxylation sites is 1. The number of anilines is 2. The third kappa shape index (κ3) is 3.51. The first-order chi connectivity index (χ1) is 17.7. The van der Waals surface area contributed by atoms with Crippen LogP contribution < -0.4 is 10.2 Å². The Bertz CT molecular complexity index is 1290. The van der Waals surface area contributed by atoms with Crippen molar-refractivity contribution in [3.05, 3.63) is 95.3 Å². The van der Waals surface area contributed by atoms with Crippen molar-refractivity contribution in [3.63, 3.8) is 0 Å². The summed E-state index contributed by atoms with van der Waals surface area (Å²) < 4.78 is 14.2. The highest BCUT2D eigenvalue weighted by Gasteiger charge is 2.53. The van der Waals surface area contributed by atoms with Crippen molar-refractivity contribution in [2.45, 2.75) is 31.2 Å². The lowest BCUT2D eigenvalue weighted by atomic mass is 9.68. The average molecular weight is 482 g/mol. The minimum absolute atomic E-state index is 0.0934. The lowest BCUT2D eigenvalue weighted by Crippen LogP contribution is -2.49. The van der Waals surface area contributed by atoms with Gasteiger partial charge in [0.25, 0.3) is 5.91 Å². The Kier molecular flexibility index (Phi) is 5.26. The quantitative estimate of drug-likeness (QED) is 0.492. The molecule has 2 saturated carbocycles. The summed E-state index contributed by atoms with van der Waals surface area (Å²) in [6.07, 6.45) is 3.95. The molecule has 1 saturated heterocycles. The standard InChI is InChI=1S/C31H32FN3O/c32-25-8-4-5-9-27(25)34-14-16-35(17-15-34)31(36)23-12-13-26-24(19-23)28-21-10-11-22(18-21)29(28)30(33-26)20-6-2-1-3-7-20/h1-9,12-13,19,21-22,28-30,33H,10-11,14-18H2/t21-,22+,28+,29-,30-/m0/s1. The number of hydrogen-bond donors (Lipinski definition) is 1. The third-order valence-electron chi connectivity index (χ3n) is 9.25. The van der Waals surface area contributed by atoms with Gasteiger partial charge < -0.3 is 15.1 Å². The van der Waals surface area contributed by atoms with Crippen LogP contribution >= 0.6 is 0 Å². The van der Waals surface area contributed by atoms with E-state index in [-0.39, 0.29) is 11.7 Å². The number of piperazine rings is 1. The molecule has 2 bridgehead atoms. The van der Waals surface area contributed by atoms with E-state index in [1.165, 1.54) is 42.1 Å². The monoisotopic (exact) mass is 481 g/mol. The summed E-state index contributed by atoms with van der Waals surface area (Å²) in [5, 5.41) is 3.88. The third-order valence-corrected chi connectivity index (χ3v) is 9.25. The highest BCUT2D eigenvalue weighted by Crippen LogP contribution is 2.63. The van der Waals surface area contributed by atoms with Gasteiger partial charge in [-0.25, -0.2) is 4.39 Å². The summed E-state index contributed by atoms with van der Waals surface area (Å²) in [4.78, 5) is 17.5. The van der Waals surface area contributed by atoms with Crippen LogP contribution in [0.25, 0.3) is 0 Å². The molecular formula is C31H32FN3O. The lowest BCUT2D eigenvalue weighted by Gasteiger charge is -2.44. The molecule has 1 N–H and O–H groups in total. The van der Waals surface area contributed by atoms with Gasteiger partial charge in [0.2, 0.25) is 0 Å². The number of fused-ring (bicyclic) bond motifs is 7. The molecule has 2 aliphatic carbocycles. The molecule has 3 fully saturated rings. The van der Waals surface area contributed by atoms with Gasteiger partial charge in [-0.3, -0.25) is 4.79 Å². The zero-order valence-corrected chi connectivity index (χ0v) is 20.4. The topological polar surface area (TPSA) is 35.6 Å². The second kappa shape index (κ2) is 8.65. The summed E-state index contributed by atoms with van der Waals surface area (Å²) >= 11 is 0. The minimum atomic E-state index is -0.200. The summed E-state index contributed by atoms with van der Waals surface area (Å²) in [5.74, 6) is 2.49. The van der Waals surface area contributed by atoms with E-state index in [1.54, 1.807) is 6.07 Å². The fraction of sp³-hybridized carbons (Fsp3) is 0.387. The van der Waals surface area contributed by atoms with Gasteiger partial charge in [0.15, 0.2) is 0 Å². The Labute approximate surface area is 212 Å². The Balaban J connectivity index is 1.14. The van der Waals surface area contributed by atoms with Gasteiger partial charge in [-0.15, -0.1) is 0 Å². The maximum atomic E-state index is 14.2. The number of nitrogens with one attached hydrogen (secondary N) is 1. The lowest BCUT2D eigenvalue weighted by molar-refractivity contribution is 0.0746. The van der Waals surface area contributed by atoms with Crippen molar-refractivity contribution in [1.29, 1.82) is 0 Å². The van der Waals surface area contributed by atoms with E-state index in [2.05, 4.69) is 47.8 Å². The molecule has 3 aromatic rings.